The highest BCUT2D eigenvalue weighted by Crippen LogP contribution is 2.19. The molecule has 0 radical (unpaired) electrons. The van der Waals surface area contributed by atoms with E-state index >= 15 is 0 Å². The molecule has 0 saturated carbocycles. The molecule has 4 heteroatoms. The SMILES string of the molecule is Cc1ccc(SCOC(=O)c2occc2C)cc1. The smallest absolute Gasteiger partial charge is 0.375 e. The Bertz CT molecular complexity index is 528. The first-order valence-electron chi connectivity index (χ1n) is 5.57. The lowest BCUT2D eigenvalue weighted by molar-refractivity contribution is 0.0542. The van der Waals surface area contributed by atoms with E-state index in [1.807, 2.05) is 38.1 Å². The van der Waals surface area contributed by atoms with Crippen molar-refractivity contribution in [2.24, 2.45) is 0 Å². The predicted molar refractivity (Wildman–Crippen MR) is 70.8 cm³/mol. The molecule has 0 unspecified atom stereocenters. The number of aryl methyl sites for hydroxylation is 2. The van der Waals surface area contributed by atoms with Crippen LogP contribution < -0.4 is 0 Å². The van der Waals surface area contributed by atoms with Crippen molar-refractivity contribution in [2.75, 3.05) is 5.94 Å². The van der Waals surface area contributed by atoms with Crippen LogP contribution in [0.4, 0.5) is 0 Å². The summed E-state index contributed by atoms with van der Waals surface area (Å²) in [5.74, 6) is 0.138. The number of carbonyl (C=O) groups excluding carboxylic acids is 1. The average molecular weight is 262 g/mol. The number of hydrogen-bond donors (Lipinski definition) is 0. The molecule has 1 heterocycles. The maximum absolute atomic E-state index is 11.6. The summed E-state index contributed by atoms with van der Waals surface area (Å²) in [5.41, 5.74) is 2.00. The first kappa shape index (κ1) is 12.8. The Hall–Kier alpha value is -1.68. The molecule has 94 valence electrons. The van der Waals surface area contributed by atoms with E-state index in [2.05, 4.69) is 0 Å². The first-order chi connectivity index (χ1) is 8.66. The van der Waals surface area contributed by atoms with Crippen molar-refractivity contribution < 1.29 is 13.9 Å². The van der Waals surface area contributed by atoms with Gasteiger partial charge in [-0.05, 0) is 32.0 Å². The number of hydrogen-bond acceptors (Lipinski definition) is 4. The summed E-state index contributed by atoms with van der Waals surface area (Å²) in [5, 5.41) is 0. The average Bonchev–Trinajstić information content (AvgIpc) is 2.78. The second kappa shape index (κ2) is 5.78. The summed E-state index contributed by atoms with van der Waals surface area (Å²) in [7, 11) is 0. The molecule has 0 spiro atoms. The summed E-state index contributed by atoms with van der Waals surface area (Å²) < 4.78 is 10.2. The predicted octanol–water partition coefficient (Wildman–Crippen LogP) is 3.80. The van der Waals surface area contributed by atoms with E-state index in [9.17, 15) is 4.79 Å². The Morgan fingerprint density at radius 3 is 2.56 bits per heavy atom. The van der Waals surface area contributed by atoms with Gasteiger partial charge in [0, 0.05) is 10.5 Å². The van der Waals surface area contributed by atoms with Gasteiger partial charge in [-0.25, -0.2) is 4.79 Å². The molecule has 0 amide bonds. The van der Waals surface area contributed by atoms with Crippen molar-refractivity contribution >= 4 is 17.7 Å². The number of thioether (sulfide) groups is 1. The Balaban J connectivity index is 1.84. The van der Waals surface area contributed by atoms with E-state index in [-0.39, 0.29) is 11.7 Å². The highest BCUT2D eigenvalue weighted by atomic mass is 32.2. The summed E-state index contributed by atoms with van der Waals surface area (Å²) >= 11 is 1.48. The van der Waals surface area contributed by atoms with Crippen LogP contribution in [0, 0.1) is 13.8 Å². The van der Waals surface area contributed by atoms with Crippen LogP contribution >= 0.6 is 11.8 Å². The fourth-order valence-corrected chi connectivity index (χ4v) is 2.06. The van der Waals surface area contributed by atoms with Gasteiger partial charge in [-0.2, -0.15) is 0 Å². The zero-order chi connectivity index (χ0) is 13.0. The summed E-state index contributed by atoms with van der Waals surface area (Å²) in [6.45, 7) is 3.85. The monoisotopic (exact) mass is 262 g/mol. The zero-order valence-electron chi connectivity index (χ0n) is 10.3. The van der Waals surface area contributed by atoms with Crippen molar-refractivity contribution in [3.63, 3.8) is 0 Å². The molecule has 0 bridgehead atoms. The van der Waals surface area contributed by atoms with Crippen LogP contribution in [0.25, 0.3) is 0 Å². The Kier molecular flexibility index (Phi) is 4.10. The van der Waals surface area contributed by atoms with Crippen molar-refractivity contribution in [3.8, 4) is 0 Å². The summed E-state index contributed by atoms with van der Waals surface area (Å²) in [6.07, 6.45) is 1.49. The molecule has 0 aliphatic heterocycles. The number of furan rings is 1. The van der Waals surface area contributed by atoms with Gasteiger partial charge in [-0.1, -0.05) is 29.5 Å². The molecule has 0 aliphatic carbocycles. The van der Waals surface area contributed by atoms with Gasteiger partial charge < -0.3 is 9.15 Å². The fraction of sp³-hybridized carbons (Fsp3) is 0.214. The molecule has 0 fully saturated rings. The highest BCUT2D eigenvalue weighted by Gasteiger charge is 2.13. The molecule has 0 N–H and O–H groups in total. The minimum atomic E-state index is -0.419. The third-order valence-corrected chi connectivity index (χ3v) is 3.33. The fourth-order valence-electron chi connectivity index (χ4n) is 1.43. The van der Waals surface area contributed by atoms with Crippen LogP contribution in [-0.2, 0) is 4.74 Å². The van der Waals surface area contributed by atoms with Crippen LogP contribution in [0.1, 0.15) is 21.7 Å². The Morgan fingerprint density at radius 2 is 1.94 bits per heavy atom. The number of carbonyl (C=O) groups is 1. The quantitative estimate of drug-likeness (QED) is 0.477. The topological polar surface area (TPSA) is 39.4 Å². The van der Waals surface area contributed by atoms with Crippen molar-refractivity contribution in [1.82, 2.24) is 0 Å². The molecule has 2 rings (SSSR count). The minimum Gasteiger partial charge on any atom is -0.457 e. The van der Waals surface area contributed by atoms with E-state index in [1.165, 1.54) is 23.6 Å². The van der Waals surface area contributed by atoms with E-state index < -0.39 is 5.97 Å². The minimum absolute atomic E-state index is 0.277. The molecule has 2 aromatic rings. The van der Waals surface area contributed by atoms with Gasteiger partial charge in [0.15, 0.2) is 0 Å². The molecular weight excluding hydrogens is 248 g/mol. The van der Waals surface area contributed by atoms with Gasteiger partial charge in [0.1, 0.15) is 5.94 Å². The van der Waals surface area contributed by atoms with Crippen LogP contribution in [0.2, 0.25) is 0 Å². The molecule has 3 nitrogen and oxygen atoms in total. The van der Waals surface area contributed by atoms with Crippen LogP contribution in [0.15, 0.2) is 45.9 Å². The second-order valence-corrected chi connectivity index (χ2v) is 4.94. The normalized spacial score (nSPS) is 10.3. The lowest BCUT2D eigenvalue weighted by Crippen LogP contribution is -2.04. The summed E-state index contributed by atoms with van der Waals surface area (Å²) in [6, 6.07) is 9.81. The molecule has 0 aliphatic rings. The lowest BCUT2D eigenvalue weighted by Gasteiger charge is -2.03. The van der Waals surface area contributed by atoms with Gasteiger partial charge in [0.05, 0.1) is 6.26 Å². The van der Waals surface area contributed by atoms with Crippen LogP contribution in [0.5, 0.6) is 0 Å². The Morgan fingerprint density at radius 1 is 1.22 bits per heavy atom. The summed E-state index contributed by atoms with van der Waals surface area (Å²) in [4.78, 5) is 12.7. The van der Waals surface area contributed by atoms with Crippen molar-refractivity contribution in [1.29, 1.82) is 0 Å². The molecule has 1 aromatic carbocycles. The van der Waals surface area contributed by atoms with Crippen molar-refractivity contribution in [3.05, 3.63) is 53.5 Å². The van der Waals surface area contributed by atoms with Gasteiger partial charge >= 0.3 is 5.97 Å². The number of ether oxygens (including phenoxy) is 1. The van der Waals surface area contributed by atoms with Crippen LogP contribution in [0.3, 0.4) is 0 Å². The second-order valence-electron chi connectivity index (χ2n) is 3.94. The van der Waals surface area contributed by atoms with E-state index in [4.69, 9.17) is 9.15 Å². The van der Waals surface area contributed by atoms with Gasteiger partial charge in [0.25, 0.3) is 0 Å². The van der Waals surface area contributed by atoms with Gasteiger partial charge in [0.2, 0.25) is 5.76 Å². The third-order valence-electron chi connectivity index (χ3n) is 2.48. The van der Waals surface area contributed by atoms with E-state index in [0.29, 0.717) is 0 Å². The number of esters is 1. The van der Waals surface area contributed by atoms with E-state index in [0.717, 1.165) is 10.5 Å². The van der Waals surface area contributed by atoms with Crippen LogP contribution in [-0.4, -0.2) is 11.9 Å². The first-order valence-corrected chi connectivity index (χ1v) is 6.56. The highest BCUT2D eigenvalue weighted by molar-refractivity contribution is 7.99. The molecular formula is C14H14O3S. The number of rotatable bonds is 4. The van der Waals surface area contributed by atoms with E-state index in [1.54, 1.807) is 6.07 Å². The zero-order valence-corrected chi connectivity index (χ0v) is 11.1. The molecule has 0 atom stereocenters. The third kappa shape index (κ3) is 3.17. The van der Waals surface area contributed by atoms with Gasteiger partial charge in [-0.15, -0.1) is 0 Å². The largest absolute Gasteiger partial charge is 0.457 e. The maximum atomic E-state index is 11.6. The lowest BCUT2D eigenvalue weighted by atomic mass is 10.2. The van der Waals surface area contributed by atoms with Gasteiger partial charge in [-0.3, -0.25) is 0 Å². The molecule has 1 aromatic heterocycles. The molecule has 18 heavy (non-hydrogen) atoms. The Labute approximate surface area is 110 Å². The standard InChI is InChI=1S/C14H14O3S/c1-10-3-5-12(6-4-10)18-9-17-14(15)13-11(2)7-8-16-13/h3-8H,9H2,1-2H3. The maximum Gasteiger partial charge on any atom is 0.375 e. The van der Waals surface area contributed by atoms with Crippen molar-refractivity contribution in [2.45, 2.75) is 18.7 Å². The number of benzene rings is 1. The molecule has 0 saturated heterocycles.